The summed E-state index contributed by atoms with van der Waals surface area (Å²) in [6, 6.07) is 1.64. The van der Waals surface area contributed by atoms with Crippen molar-refractivity contribution >= 4 is 39.3 Å². The Labute approximate surface area is 101 Å². The topological polar surface area (TPSA) is 42.0 Å². The van der Waals surface area contributed by atoms with Crippen molar-refractivity contribution in [1.82, 2.24) is 4.98 Å². The molecule has 80 valence electrons. The van der Waals surface area contributed by atoms with Crippen LogP contribution in [0.25, 0.3) is 0 Å². The zero-order valence-electron chi connectivity index (χ0n) is 7.96. The molecule has 1 saturated carbocycles. The minimum Gasteiger partial charge on any atom is -0.310 e. The molecule has 1 aromatic rings. The Kier molecular flexibility index (Phi) is 3.26. The van der Waals surface area contributed by atoms with Gasteiger partial charge in [0.2, 0.25) is 5.91 Å². The Bertz CT molecular complexity index is 393. The van der Waals surface area contributed by atoms with E-state index in [1.54, 1.807) is 12.3 Å². The number of nitrogens with zero attached hydrogens (tertiary/aromatic N) is 1. The molecular formula is C10H10BrClN2O. The summed E-state index contributed by atoms with van der Waals surface area (Å²) in [7, 11) is 0. The van der Waals surface area contributed by atoms with Gasteiger partial charge in [-0.05, 0) is 28.8 Å². The summed E-state index contributed by atoms with van der Waals surface area (Å²) < 4.78 is 0.728. The molecule has 1 aromatic heterocycles. The van der Waals surface area contributed by atoms with Crippen LogP contribution in [0.3, 0.4) is 0 Å². The fourth-order valence-corrected chi connectivity index (χ4v) is 1.75. The molecule has 1 aliphatic carbocycles. The first-order valence-corrected chi connectivity index (χ1v) is 5.96. The van der Waals surface area contributed by atoms with E-state index < -0.39 is 0 Å². The van der Waals surface area contributed by atoms with E-state index in [0.717, 1.165) is 23.7 Å². The molecule has 15 heavy (non-hydrogen) atoms. The maximum Gasteiger partial charge on any atom is 0.228 e. The summed E-state index contributed by atoms with van der Waals surface area (Å²) in [4.78, 5) is 15.6. The molecule has 2 rings (SSSR count). The van der Waals surface area contributed by atoms with Crippen molar-refractivity contribution in [3.8, 4) is 0 Å². The Morgan fingerprint density at radius 1 is 1.60 bits per heavy atom. The highest BCUT2D eigenvalue weighted by molar-refractivity contribution is 9.10. The molecule has 3 nitrogen and oxygen atoms in total. The van der Waals surface area contributed by atoms with Crippen molar-refractivity contribution in [2.24, 2.45) is 5.92 Å². The van der Waals surface area contributed by atoms with E-state index in [2.05, 4.69) is 26.2 Å². The molecule has 1 fully saturated rings. The predicted octanol–water partition coefficient (Wildman–Crippen LogP) is 3.24. The van der Waals surface area contributed by atoms with E-state index in [9.17, 15) is 4.79 Å². The first kappa shape index (κ1) is 10.9. The normalized spacial score (nSPS) is 15.9. The maximum atomic E-state index is 11.6. The van der Waals surface area contributed by atoms with Gasteiger partial charge in [-0.15, -0.1) is 0 Å². The standard InChI is InChI=1S/C10H10BrClN2O/c11-7-5-13-9(4-8(7)12)14-10(15)6-2-1-3-6/h4-6H,1-3H2,(H,13,14,15). The molecular weight excluding hydrogens is 279 g/mol. The highest BCUT2D eigenvalue weighted by Gasteiger charge is 2.25. The number of pyridine rings is 1. The van der Waals surface area contributed by atoms with Gasteiger partial charge in [-0.2, -0.15) is 0 Å². The van der Waals surface area contributed by atoms with Crippen molar-refractivity contribution in [2.45, 2.75) is 19.3 Å². The van der Waals surface area contributed by atoms with Crippen LogP contribution in [-0.2, 0) is 4.79 Å². The largest absolute Gasteiger partial charge is 0.310 e. The maximum absolute atomic E-state index is 11.6. The second kappa shape index (κ2) is 4.49. The average Bonchev–Trinajstić information content (AvgIpc) is 2.08. The molecule has 5 heteroatoms. The van der Waals surface area contributed by atoms with Gasteiger partial charge < -0.3 is 5.32 Å². The summed E-state index contributed by atoms with van der Waals surface area (Å²) in [5, 5.41) is 3.31. The van der Waals surface area contributed by atoms with Gasteiger partial charge in [0.25, 0.3) is 0 Å². The number of hydrogen-bond donors (Lipinski definition) is 1. The first-order valence-electron chi connectivity index (χ1n) is 4.79. The third-order valence-corrected chi connectivity index (χ3v) is 3.71. The van der Waals surface area contributed by atoms with Crippen LogP contribution >= 0.6 is 27.5 Å². The zero-order valence-corrected chi connectivity index (χ0v) is 10.3. The van der Waals surface area contributed by atoms with Crippen molar-refractivity contribution in [3.05, 3.63) is 21.8 Å². The summed E-state index contributed by atoms with van der Waals surface area (Å²) in [5.74, 6) is 0.724. The Balaban J connectivity index is 2.03. The van der Waals surface area contributed by atoms with Crippen molar-refractivity contribution in [2.75, 3.05) is 5.32 Å². The van der Waals surface area contributed by atoms with Crippen LogP contribution in [0.5, 0.6) is 0 Å². The lowest BCUT2D eigenvalue weighted by Gasteiger charge is -2.23. The lowest BCUT2D eigenvalue weighted by atomic mass is 9.85. The number of halogens is 2. The summed E-state index contributed by atoms with van der Waals surface area (Å²) in [5.41, 5.74) is 0. The van der Waals surface area contributed by atoms with Crippen LogP contribution in [0.1, 0.15) is 19.3 Å². The van der Waals surface area contributed by atoms with Crippen molar-refractivity contribution in [3.63, 3.8) is 0 Å². The molecule has 0 radical (unpaired) electrons. The van der Waals surface area contributed by atoms with Crippen LogP contribution in [0.2, 0.25) is 5.02 Å². The van der Waals surface area contributed by atoms with Gasteiger partial charge in [0, 0.05) is 18.2 Å². The first-order chi connectivity index (χ1) is 7.16. The van der Waals surface area contributed by atoms with Crippen LogP contribution in [0.15, 0.2) is 16.7 Å². The van der Waals surface area contributed by atoms with E-state index in [-0.39, 0.29) is 11.8 Å². The molecule has 1 amide bonds. The fraction of sp³-hybridized carbons (Fsp3) is 0.400. The quantitative estimate of drug-likeness (QED) is 0.908. The van der Waals surface area contributed by atoms with Crippen LogP contribution in [0, 0.1) is 5.92 Å². The minimum atomic E-state index is 0.0483. The lowest BCUT2D eigenvalue weighted by molar-refractivity contribution is -0.122. The molecule has 0 spiro atoms. The molecule has 0 unspecified atom stereocenters. The van der Waals surface area contributed by atoms with E-state index in [1.165, 1.54) is 0 Å². The summed E-state index contributed by atoms with van der Waals surface area (Å²) in [6.45, 7) is 0. The molecule has 0 aromatic carbocycles. The SMILES string of the molecule is O=C(Nc1cc(Cl)c(Br)cn1)C1CCC1. The fourth-order valence-electron chi connectivity index (χ4n) is 1.38. The number of carbonyl (C=O) groups excluding carboxylic acids is 1. The van der Waals surface area contributed by atoms with Gasteiger partial charge in [0.15, 0.2) is 0 Å². The number of nitrogens with one attached hydrogen (secondary N) is 1. The second-order valence-electron chi connectivity index (χ2n) is 3.60. The number of rotatable bonds is 2. The molecule has 0 bridgehead atoms. The lowest BCUT2D eigenvalue weighted by Crippen LogP contribution is -2.28. The summed E-state index contributed by atoms with van der Waals surface area (Å²) in [6.07, 6.45) is 4.69. The van der Waals surface area contributed by atoms with Crippen LogP contribution in [0.4, 0.5) is 5.82 Å². The van der Waals surface area contributed by atoms with Gasteiger partial charge in [-0.25, -0.2) is 4.98 Å². The van der Waals surface area contributed by atoms with Gasteiger partial charge in [-0.3, -0.25) is 4.79 Å². The highest BCUT2D eigenvalue weighted by Crippen LogP contribution is 2.28. The summed E-state index contributed by atoms with van der Waals surface area (Å²) >= 11 is 9.13. The number of amides is 1. The Morgan fingerprint density at radius 3 is 2.87 bits per heavy atom. The molecule has 1 heterocycles. The number of hydrogen-bond acceptors (Lipinski definition) is 2. The van der Waals surface area contributed by atoms with Crippen molar-refractivity contribution in [1.29, 1.82) is 0 Å². The Morgan fingerprint density at radius 2 is 2.33 bits per heavy atom. The number of anilines is 1. The predicted molar refractivity (Wildman–Crippen MR) is 62.9 cm³/mol. The average molecular weight is 290 g/mol. The number of carbonyl (C=O) groups is 1. The molecule has 0 aliphatic heterocycles. The molecule has 1 N–H and O–H groups in total. The van der Waals surface area contributed by atoms with E-state index in [1.807, 2.05) is 0 Å². The van der Waals surface area contributed by atoms with Crippen molar-refractivity contribution < 1.29 is 4.79 Å². The third-order valence-electron chi connectivity index (χ3n) is 2.54. The van der Waals surface area contributed by atoms with Gasteiger partial charge in [0.05, 0.1) is 9.50 Å². The Hall–Kier alpha value is -0.610. The zero-order chi connectivity index (χ0) is 10.8. The monoisotopic (exact) mass is 288 g/mol. The van der Waals surface area contributed by atoms with E-state index in [4.69, 9.17) is 11.6 Å². The second-order valence-corrected chi connectivity index (χ2v) is 4.86. The van der Waals surface area contributed by atoms with Gasteiger partial charge in [0.1, 0.15) is 5.82 Å². The molecule has 0 saturated heterocycles. The van der Waals surface area contributed by atoms with E-state index in [0.29, 0.717) is 10.8 Å². The highest BCUT2D eigenvalue weighted by atomic mass is 79.9. The third kappa shape index (κ3) is 2.49. The molecule has 0 atom stereocenters. The van der Waals surface area contributed by atoms with Gasteiger partial charge in [-0.1, -0.05) is 18.0 Å². The van der Waals surface area contributed by atoms with Gasteiger partial charge >= 0.3 is 0 Å². The van der Waals surface area contributed by atoms with Crippen LogP contribution < -0.4 is 5.32 Å². The smallest absolute Gasteiger partial charge is 0.228 e. The minimum absolute atomic E-state index is 0.0483. The van der Waals surface area contributed by atoms with Crippen LogP contribution in [-0.4, -0.2) is 10.9 Å². The molecule has 1 aliphatic rings. The number of aromatic nitrogens is 1. The van der Waals surface area contributed by atoms with E-state index >= 15 is 0 Å².